The zero-order valence-electron chi connectivity index (χ0n) is 12.9. The van der Waals surface area contributed by atoms with Gasteiger partial charge in [0, 0.05) is 6.42 Å². The molecule has 0 radical (unpaired) electrons. The highest BCUT2D eigenvalue weighted by Gasteiger charge is 2.31. The predicted octanol–water partition coefficient (Wildman–Crippen LogP) is 2.96. The minimum atomic E-state index is -0.111. The van der Waals surface area contributed by atoms with Crippen molar-refractivity contribution in [1.29, 1.82) is 5.26 Å². The van der Waals surface area contributed by atoms with Crippen molar-refractivity contribution in [2.45, 2.75) is 59.0 Å². The summed E-state index contributed by atoms with van der Waals surface area (Å²) in [6.45, 7) is 9.27. The third-order valence-electron chi connectivity index (χ3n) is 3.07. The van der Waals surface area contributed by atoms with Crippen LogP contribution in [-0.4, -0.2) is 37.1 Å². The lowest BCUT2D eigenvalue weighted by Crippen LogP contribution is -2.38. The van der Waals surface area contributed by atoms with Gasteiger partial charge in [-0.15, -0.1) is 0 Å². The molecule has 2 atom stereocenters. The summed E-state index contributed by atoms with van der Waals surface area (Å²) in [6, 6.07) is 1.98. The number of hydrogen-bond acceptors (Lipinski definition) is 5. The Morgan fingerprint density at radius 1 is 1.15 bits per heavy atom. The van der Waals surface area contributed by atoms with E-state index in [1.807, 2.05) is 13.8 Å². The fourth-order valence-electron chi connectivity index (χ4n) is 2.11. The van der Waals surface area contributed by atoms with E-state index in [0.717, 1.165) is 12.8 Å². The minimum Gasteiger partial charge on any atom is -0.480 e. The summed E-state index contributed by atoms with van der Waals surface area (Å²) in [4.78, 5) is 9.36. The first-order chi connectivity index (χ1) is 9.63. The highest BCUT2D eigenvalue weighted by Crippen LogP contribution is 2.20. The molecular weight excluding hydrogens is 254 g/mol. The Labute approximate surface area is 121 Å². The van der Waals surface area contributed by atoms with E-state index < -0.39 is 0 Å². The molecule has 0 bridgehead atoms. The second kappa shape index (κ2) is 8.57. The van der Waals surface area contributed by atoms with E-state index in [1.165, 1.54) is 0 Å². The second-order valence-corrected chi connectivity index (χ2v) is 5.06. The van der Waals surface area contributed by atoms with Crippen molar-refractivity contribution < 1.29 is 9.47 Å². The van der Waals surface area contributed by atoms with E-state index in [1.54, 1.807) is 0 Å². The molecule has 0 saturated heterocycles. The average Bonchev–Trinajstić information content (AvgIpc) is 2.41. The fraction of sp³-hybridized carbons (Fsp3) is 0.800. The van der Waals surface area contributed by atoms with Crippen LogP contribution in [0.1, 0.15) is 47.0 Å². The zero-order valence-corrected chi connectivity index (χ0v) is 12.9. The first-order valence-electron chi connectivity index (χ1n) is 7.41. The monoisotopic (exact) mass is 279 g/mol. The average molecular weight is 279 g/mol. The van der Waals surface area contributed by atoms with Gasteiger partial charge in [0.2, 0.25) is 11.8 Å². The lowest BCUT2D eigenvalue weighted by atomic mass is 10.0. The molecule has 0 N–H and O–H groups in total. The van der Waals surface area contributed by atoms with Gasteiger partial charge in [0.25, 0.3) is 0 Å². The number of nitriles is 1. The molecule has 0 amide bonds. The van der Waals surface area contributed by atoms with Crippen molar-refractivity contribution in [2.75, 3.05) is 13.2 Å². The number of unbranched alkanes of at least 4 members (excludes halogenated alkanes) is 1. The van der Waals surface area contributed by atoms with Crippen molar-refractivity contribution in [2.24, 2.45) is 15.9 Å². The highest BCUT2D eigenvalue weighted by atomic mass is 16.5. The van der Waals surface area contributed by atoms with Gasteiger partial charge in [-0.05, 0) is 32.6 Å². The van der Waals surface area contributed by atoms with Crippen LogP contribution in [0.15, 0.2) is 9.98 Å². The third-order valence-corrected chi connectivity index (χ3v) is 3.07. The summed E-state index contributed by atoms with van der Waals surface area (Å²) in [6.07, 6.45) is 2.10. The Bertz CT molecular complexity index is 396. The largest absolute Gasteiger partial charge is 0.480 e. The summed E-state index contributed by atoms with van der Waals surface area (Å²) in [5, 5.41) is 8.64. The molecule has 5 nitrogen and oxygen atoms in total. The normalized spacial score (nSPS) is 22.0. The quantitative estimate of drug-likeness (QED) is 0.702. The molecule has 112 valence electrons. The van der Waals surface area contributed by atoms with Crippen molar-refractivity contribution in [3.63, 3.8) is 0 Å². The topological polar surface area (TPSA) is 67.0 Å². The van der Waals surface area contributed by atoms with Crippen LogP contribution in [0.5, 0.6) is 0 Å². The smallest absolute Gasteiger partial charge is 0.210 e. The lowest BCUT2D eigenvalue weighted by molar-refractivity contribution is 0.274. The van der Waals surface area contributed by atoms with Crippen LogP contribution in [0.2, 0.25) is 0 Å². The number of ether oxygens (including phenoxy) is 2. The minimum absolute atomic E-state index is 0.0660. The van der Waals surface area contributed by atoms with Gasteiger partial charge in [0.05, 0.1) is 19.3 Å². The number of aliphatic imine (C=N–C) groups is 2. The van der Waals surface area contributed by atoms with Crippen LogP contribution >= 0.6 is 0 Å². The van der Waals surface area contributed by atoms with Gasteiger partial charge in [-0.1, -0.05) is 13.8 Å². The standard InChI is InChI=1S/C15H25N3O2/c1-5-19-14-12(9-7-8-10-16)17-15(20-6-2)13(18-14)11(3)4/h11-13H,5-9H2,1-4H3/t12-,13+/m0/s1. The van der Waals surface area contributed by atoms with Crippen LogP contribution in [0.4, 0.5) is 0 Å². The molecule has 0 saturated carbocycles. The maximum atomic E-state index is 8.64. The van der Waals surface area contributed by atoms with Gasteiger partial charge < -0.3 is 9.47 Å². The van der Waals surface area contributed by atoms with Gasteiger partial charge in [0.1, 0.15) is 12.1 Å². The molecule has 0 aliphatic carbocycles. The van der Waals surface area contributed by atoms with Crippen LogP contribution < -0.4 is 0 Å². The molecule has 1 aliphatic rings. The van der Waals surface area contributed by atoms with Crippen LogP contribution in [0.25, 0.3) is 0 Å². The summed E-state index contributed by atoms with van der Waals surface area (Å²) in [5.74, 6) is 1.70. The van der Waals surface area contributed by atoms with Crippen molar-refractivity contribution in [3.05, 3.63) is 0 Å². The van der Waals surface area contributed by atoms with E-state index in [2.05, 4.69) is 29.9 Å². The van der Waals surface area contributed by atoms with Crippen molar-refractivity contribution in [1.82, 2.24) is 0 Å². The lowest BCUT2D eigenvalue weighted by Gasteiger charge is -2.28. The molecule has 1 rings (SSSR count). The Morgan fingerprint density at radius 2 is 1.80 bits per heavy atom. The molecule has 0 aromatic rings. The van der Waals surface area contributed by atoms with E-state index in [4.69, 9.17) is 14.7 Å². The van der Waals surface area contributed by atoms with E-state index in [-0.39, 0.29) is 12.1 Å². The van der Waals surface area contributed by atoms with E-state index in [0.29, 0.717) is 37.3 Å². The first kappa shape index (κ1) is 16.5. The molecule has 1 aliphatic heterocycles. The maximum absolute atomic E-state index is 8.64. The molecule has 0 aromatic carbocycles. The molecule has 1 heterocycles. The molecule has 20 heavy (non-hydrogen) atoms. The van der Waals surface area contributed by atoms with Crippen molar-refractivity contribution in [3.8, 4) is 6.07 Å². The van der Waals surface area contributed by atoms with Gasteiger partial charge in [-0.25, -0.2) is 9.98 Å². The van der Waals surface area contributed by atoms with Gasteiger partial charge in [-0.2, -0.15) is 5.26 Å². The third kappa shape index (κ3) is 4.52. The maximum Gasteiger partial charge on any atom is 0.210 e. The highest BCUT2D eigenvalue weighted by molar-refractivity contribution is 5.94. The second-order valence-electron chi connectivity index (χ2n) is 5.06. The molecule has 0 fully saturated rings. The molecular formula is C15H25N3O2. The molecule has 0 unspecified atom stereocenters. The molecule has 5 heteroatoms. The van der Waals surface area contributed by atoms with Crippen LogP contribution in [0, 0.1) is 17.2 Å². The van der Waals surface area contributed by atoms with Gasteiger partial charge in [0.15, 0.2) is 0 Å². The number of rotatable bonds is 6. The number of nitrogens with zero attached hydrogens (tertiary/aromatic N) is 3. The Morgan fingerprint density at radius 3 is 2.35 bits per heavy atom. The summed E-state index contributed by atoms with van der Waals surface area (Å²) in [5.41, 5.74) is 0. The van der Waals surface area contributed by atoms with Gasteiger partial charge >= 0.3 is 0 Å². The summed E-state index contributed by atoms with van der Waals surface area (Å²) < 4.78 is 11.3. The first-order valence-corrected chi connectivity index (χ1v) is 7.41. The Balaban J connectivity index is 2.88. The predicted molar refractivity (Wildman–Crippen MR) is 80.0 cm³/mol. The van der Waals surface area contributed by atoms with Gasteiger partial charge in [-0.3, -0.25) is 0 Å². The summed E-state index contributed by atoms with van der Waals surface area (Å²) >= 11 is 0. The SMILES string of the molecule is CCOC1=N[C@H](C(C)C)C(OCC)=N[C@H]1CCCC#N. The summed E-state index contributed by atoms with van der Waals surface area (Å²) in [7, 11) is 0. The Kier molecular flexibility index (Phi) is 7.06. The van der Waals surface area contributed by atoms with Crippen LogP contribution in [-0.2, 0) is 9.47 Å². The fourth-order valence-corrected chi connectivity index (χ4v) is 2.11. The Hall–Kier alpha value is -1.57. The zero-order chi connectivity index (χ0) is 15.0. The van der Waals surface area contributed by atoms with E-state index in [9.17, 15) is 0 Å². The molecule has 0 aromatic heterocycles. The van der Waals surface area contributed by atoms with Crippen molar-refractivity contribution >= 4 is 11.8 Å². The van der Waals surface area contributed by atoms with Crippen LogP contribution in [0.3, 0.4) is 0 Å². The van der Waals surface area contributed by atoms with E-state index >= 15 is 0 Å². The molecule has 0 spiro atoms. The number of hydrogen-bond donors (Lipinski definition) is 0.